The molecule has 1 fully saturated rings. The second kappa shape index (κ2) is 8.53. The van der Waals surface area contributed by atoms with Gasteiger partial charge in [0.1, 0.15) is 6.04 Å². The maximum absolute atomic E-state index is 13.6. The molecule has 0 radical (unpaired) electrons. The van der Waals surface area contributed by atoms with E-state index >= 15 is 0 Å². The number of hydrogen-bond donors (Lipinski definition) is 1. The molecule has 2 aromatic carbocycles. The molecule has 0 saturated heterocycles. The van der Waals surface area contributed by atoms with Crippen molar-refractivity contribution in [1.82, 2.24) is 10.2 Å². The van der Waals surface area contributed by atoms with E-state index in [0.717, 1.165) is 36.8 Å². The fourth-order valence-corrected chi connectivity index (χ4v) is 5.20. The molecule has 2 unspecified atom stereocenters. The Labute approximate surface area is 182 Å². The van der Waals surface area contributed by atoms with Crippen LogP contribution in [0.5, 0.6) is 0 Å². The largest absolute Gasteiger partial charge is 0.467 e. The molecule has 2 amide bonds. The molecule has 1 heterocycles. The summed E-state index contributed by atoms with van der Waals surface area (Å²) in [5.74, 6) is -1.31. The van der Waals surface area contributed by atoms with Crippen LogP contribution in [0.3, 0.4) is 0 Å². The average Bonchev–Trinajstić information content (AvgIpc) is 3.26. The number of ether oxygens (including phenoxy) is 1. The normalized spacial score (nSPS) is 20.3. The highest BCUT2D eigenvalue weighted by molar-refractivity contribution is 6.02. The summed E-state index contributed by atoms with van der Waals surface area (Å²) in [6, 6.07) is 16.5. The third kappa shape index (κ3) is 3.71. The molecule has 31 heavy (non-hydrogen) atoms. The summed E-state index contributed by atoms with van der Waals surface area (Å²) in [5, 5.41) is 2.84. The Kier molecular flexibility index (Phi) is 5.81. The van der Waals surface area contributed by atoms with Crippen LogP contribution >= 0.6 is 0 Å². The molecule has 1 aliphatic heterocycles. The molecular formula is C25H28N2O4. The summed E-state index contributed by atoms with van der Waals surface area (Å²) < 4.78 is 4.79. The predicted octanol–water partition coefficient (Wildman–Crippen LogP) is 3.42. The predicted molar refractivity (Wildman–Crippen MR) is 116 cm³/mol. The van der Waals surface area contributed by atoms with Crippen molar-refractivity contribution in [2.45, 2.75) is 56.7 Å². The number of carbonyl (C=O) groups is 3. The Balaban J connectivity index is 1.79. The van der Waals surface area contributed by atoms with Crippen molar-refractivity contribution in [1.29, 1.82) is 0 Å². The second-order valence-corrected chi connectivity index (χ2v) is 8.46. The summed E-state index contributed by atoms with van der Waals surface area (Å²) in [4.78, 5) is 41.1. The van der Waals surface area contributed by atoms with Crippen LogP contribution < -0.4 is 5.32 Å². The number of carbonyl (C=O) groups excluding carboxylic acids is 3. The van der Waals surface area contributed by atoms with Crippen LogP contribution in [0.1, 0.15) is 60.0 Å². The van der Waals surface area contributed by atoms with E-state index in [1.165, 1.54) is 7.11 Å². The van der Waals surface area contributed by atoms with Gasteiger partial charge >= 0.3 is 5.97 Å². The van der Waals surface area contributed by atoms with Crippen LogP contribution in [-0.4, -0.2) is 41.4 Å². The zero-order valence-electron chi connectivity index (χ0n) is 18.0. The van der Waals surface area contributed by atoms with Gasteiger partial charge in [-0.3, -0.25) is 9.59 Å². The molecule has 1 saturated carbocycles. The Bertz CT molecular complexity index is 982. The number of rotatable bonds is 5. The SMILES string of the molecule is COC(=O)C(C)NC(=O)C1c2ccccc2C(=O)N(Cc2ccccc2)C12CCCC2. The van der Waals surface area contributed by atoms with Crippen LogP contribution in [0.15, 0.2) is 54.6 Å². The zero-order valence-corrected chi connectivity index (χ0v) is 18.0. The quantitative estimate of drug-likeness (QED) is 0.752. The first-order chi connectivity index (χ1) is 15.0. The lowest BCUT2D eigenvalue weighted by Gasteiger charge is -2.50. The van der Waals surface area contributed by atoms with Crippen molar-refractivity contribution in [3.8, 4) is 0 Å². The van der Waals surface area contributed by atoms with E-state index in [1.807, 2.05) is 53.4 Å². The van der Waals surface area contributed by atoms with Crippen molar-refractivity contribution in [2.75, 3.05) is 7.11 Å². The van der Waals surface area contributed by atoms with E-state index in [4.69, 9.17) is 4.74 Å². The van der Waals surface area contributed by atoms with Crippen LogP contribution in [0.4, 0.5) is 0 Å². The van der Waals surface area contributed by atoms with Gasteiger partial charge in [-0.05, 0) is 37.0 Å². The van der Waals surface area contributed by atoms with Crippen LogP contribution in [0.2, 0.25) is 0 Å². The van der Waals surface area contributed by atoms with Gasteiger partial charge in [0.25, 0.3) is 5.91 Å². The summed E-state index contributed by atoms with van der Waals surface area (Å²) in [5.41, 5.74) is 1.72. The first-order valence-electron chi connectivity index (χ1n) is 10.8. The molecule has 2 atom stereocenters. The van der Waals surface area contributed by atoms with Crippen LogP contribution in [-0.2, 0) is 20.9 Å². The number of methoxy groups -OCH3 is 1. The lowest BCUT2D eigenvalue weighted by molar-refractivity contribution is -0.145. The lowest BCUT2D eigenvalue weighted by atomic mass is 9.70. The minimum atomic E-state index is -0.761. The molecule has 4 rings (SSSR count). The monoisotopic (exact) mass is 420 g/mol. The highest BCUT2D eigenvalue weighted by Gasteiger charge is 2.55. The summed E-state index contributed by atoms with van der Waals surface area (Å²) in [7, 11) is 1.31. The molecule has 6 nitrogen and oxygen atoms in total. The van der Waals surface area contributed by atoms with Crippen molar-refractivity contribution in [3.05, 3.63) is 71.3 Å². The molecule has 0 bridgehead atoms. The van der Waals surface area contributed by atoms with Gasteiger partial charge in [0.2, 0.25) is 5.91 Å². The standard InChI is InChI=1S/C25H28N2O4/c1-17(24(30)31-2)26-22(28)21-19-12-6-7-13-20(19)23(29)27(25(21)14-8-9-15-25)16-18-10-4-3-5-11-18/h3-7,10-13,17,21H,8-9,14-16H2,1-2H3,(H,26,28). The van der Waals surface area contributed by atoms with Crippen molar-refractivity contribution in [3.63, 3.8) is 0 Å². The number of hydrogen-bond acceptors (Lipinski definition) is 4. The van der Waals surface area contributed by atoms with Crippen molar-refractivity contribution >= 4 is 17.8 Å². The van der Waals surface area contributed by atoms with E-state index in [0.29, 0.717) is 12.1 Å². The molecule has 1 spiro atoms. The van der Waals surface area contributed by atoms with E-state index in [1.54, 1.807) is 13.0 Å². The highest BCUT2D eigenvalue weighted by Crippen LogP contribution is 2.50. The first-order valence-corrected chi connectivity index (χ1v) is 10.8. The Hall–Kier alpha value is -3.15. The summed E-state index contributed by atoms with van der Waals surface area (Å²) >= 11 is 0. The van der Waals surface area contributed by atoms with Gasteiger partial charge in [-0.15, -0.1) is 0 Å². The van der Waals surface area contributed by atoms with Gasteiger partial charge in [-0.25, -0.2) is 4.79 Å². The summed E-state index contributed by atoms with van der Waals surface area (Å²) in [6.07, 6.45) is 3.42. The van der Waals surface area contributed by atoms with Gasteiger partial charge in [0.05, 0.1) is 18.6 Å². The van der Waals surface area contributed by atoms with Crippen LogP contribution in [0.25, 0.3) is 0 Å². The number of esters is 1. The van der Waals surface area contributed by atoms with Crippen LogP contribution in [0, 0.1) is 0 Å². The third-order valence-electron chi connectivity index (χ3n) is 6.65. The highest BCUT2D eigenvalue weighted by atomic mass is 16.5. The van der Waals surface area contributed by atoms with Gasteiger partial charge in [-0.1, -0.05) is 61.4 Å². The lowest BCUT2D eigenvalue weighted by Crippen LogP contribution is -2.61. The van der Waals surface area contributed by atoms with E-state index in [9.17, 15) is 14.4 Å². The van der Waals surface area contributed by atoms with Gasteiger partial charge in [-0.2, -0.15) is 0 Å². The van der Waals surface area contributed by atoms with E-state index < -0.39 is 23.5 Å². The molecule has 6 heteroatoms. The fraction of sp³-hybridized carbons (Fsp3) is 0.400. The third-order valence-corrected chi connectivity index (χ3v) is 6.65. The minimum Gasteiger partial charge on any atom is -0.467 e. The fourth-order valence-electron chi connectivity index (χ4n) is 5.20. The number of amides is 2. The Morgan fingerprint density at radius 2 is 1.74 bits per heavy atom. The average molecular weight is 421 g/mol. The minimum absolute atomic E-state index is 0.0357. The topological polar surface area (TPSA) is 75.7 Å². The molecule has 2 aliphatic rings. The van der Waals surface area contributed by atoms with Crippen molar-refractivity contribution < 1.29 is 19.1 Å². The molecule has 162 valence electrons. The number of nitrogens with zero attached hydrogens (tertiary/aromatic N) is 1. The molecule has 0 aromatic heterocycles. The Morgan fingerprint density at radius 1 is 1.10 bits per heavy atom. The molecule has 2 aromatic rings. The van der Waals surface area contributed by atoms with Gasteiger partial charge in [0, 0.05) is 12.1 Å². The smallest absolute Gasteiger partial charge is 0.328 e. The van der Waals surface area contributed by atoms with Gasteiger partial charge < -0.3 is 15.0 Å². The number of fused-ring (bicyclic) bond motifs is 1. The summed E-state index contributed by atoms with van der Waals surface area (Å²) in [6.45, 7) is 2.07. The maximum atomic E-state index is 13.6. The first kappa shape index (κ1) is 21.1. The van der Waals surface area contributed by atoms with E-state index in [-0.39, 0.29) is 11.8 Å². The zero-order chi connectivity index (χ0) is 22.0. The molecule has 1 N–H and O–H groups in total. The number of benzene rings is 2. The number of nitrogens with one attached hydrogen (secondary N) is 1. The van der Waals surface area contributed by atoms with Crippen molar-refractivity contribution in [2.24, 2.45) is 0 Å². The van der Waals surface area contributed by atoms with Gasteiger partial charge in [0.15, 0.2) is 0 Å². The Morgan fingerprint density at radius 3 is 2.42 bits per heavy atom. The van der Waals surface area contributed by atoms with E-state index in [2.05, 4.69) is 5.32 Å². The second-order valence-electron chi connectivity index (χ2n) is 8.46. The molecular weight excluding hydrogens is 392 g/mol. The molecule has 1 aliphatic carbocycles. The maximum Gasteiger partial charge on any atom is 0.328 e.